The normalized spacial score (nSPS) is 13.2. The Morgan fingerprint density at radius 1 is 1.28 bits per heavy atom. The molecule has 0 fully saturated rings. The molecule has 0 bridgehead atoms. The van der Waals surface area contributed by atoms with Gasteiger partial charge in [0, 0.05) is 19.7 Å². The molecule has 0 aliphatic rings. The molecule has 0 spiro atoms. The Hall–Kier alpha value is -1.26. The summed E-state index contributed by atoms with van der Waals surface area (Å²) in [6.45, 7) is 4.66. The number of ether oxygens (including phenoxy) is 2. The van der Waals surface area contributed by atoms with Gasteiger partial charge in [0.1, 0.15) is 5.75 Å². The van der Waals surface area contributed by atoms with Crippen LogP contribution in [0, 0.1) is 0 Å². The molecule has 102 valence electrons. The van der Waals surface area contributed by atoms with Gasteiger partial charge in [-0.15, -0.1) is 0 Å². The van der Waals surface area contributed by atoms with Crippen molar-refractivity contribution < 1.29 is 9.47 Å². The molecule has 0 amide bonds. The molecule has 0 heterocycles. The van der Waals surface area contributed by atoms with Gasteiger partial charge >= 0.3 is 0 Å². The minimum atomic E-state index is -0.195. The van der Waals surface area contributed by atoms with E-state index in [1.165, 1.54) is 0 Å². The van der Waals surface area contributed by atoms with Crippen LogP contribution in [0.5, 0.6) is 5.75 Å². The van der Waals surface area contributed by atoms with Crippen LogP contribution < -0.4 is 15.8 Å². The zero-order chi connectivity index (χ0) is 13.6. The third-order valence-corrected chi connectivity index (χ3v) is 3.04. The van der Waals surface area contributed by atoms with Crippen LogP contribution in [0.3, 0.4) is 0 Å². The van der Waals surface area contributed by atoms with E-state index in [2.05, 4.69) is 19.2 Å². The molecule has 1 atom stereocenters. The molecule has 1 rings (SSSR count). The number of para-hydroxylation sites is 2. The predicted octanol–water partition coefficient (Wildman–Crippen LogP) is 2.25. The summed E-state index contributed by atoms with van der Waals surface area (Å²) < 4.78 is 10.8. The molecule has 0 radical (unpaired) electrons. The summed E-state index contributed by atoms with van der Waals surface area (Å²) in [5.74, 6) is 0.825. The summed E-state index contributed by atoms with van der Waals surface area (Å²) >= 11 is 0. The van der Waals surface area contributed by atoms with E-state index in [0.717, 1.165) is 17.9 Å². The lowest BCUT2D eigenvalue weighted by atomic mass is 9.98. The number of methoxy groups -OCH3 is 2. The summed E-state index contributed by atoms with van der Waals surface area (Å²) in [5, 5.41) is 3.41. The van der Waals surface area contributed by atoms with Crippen LogP contribution in [0.25, 0.3) is 0 Å². The second-order valence-electron chi connectivity index (χ2n) is 4.95. The summed E-state index contributed by atoms with van der Waals surface area (Å²) in [4.78, 5) is 0. The van der Waals surface area contributed by atoms with Crippen molar-refractivity contribution in [3.8, 4) is 5.75 Å². The topological polar surface area (TPSA) is 56.5 Å². The molecule has 4 nitrogen and oxygen atoms in total. The molecular weight excluding hydrogens is 228 g/mol. The lowest BCUT2D eigenvalue weighted by molar-refractivity contribution is 0.0121. The highest BCUT2D eigenvalue weighted by atomic mass is 16.5. The summed E-state index contributed by atoms with van der Waals surface area (Å²) in [5.41, 5.74) is 6.58. The van der Waals surface area contributed by atoms with Crippen molar-refractivity contribution in [1.29, 1.82) is 0 Å². The van der Waals surface area contributed by atoms with Gasteiger partial charge in [-0.1, -0.05) is 12.1 Å². The van der Waals surface area contributed by atoms with Gasteiger partial charge in [0.2, 0.25) is 0 Å². The molecule has 0 saturated heterocycles. The van der Waals surface area contributed by atoms with Crippen molar-refractivity contribution in [2.75, 3.05) is 26.1 Å². The Bertz CT molecular complexity index is 367. The molecule has 0 aromatic heterocycles. The van der Waals surface area contributed by atoms with Crippen molar-refractivity contribution in [3.63, 3.8) is 0 Å². The van der Waals surface area contributed by atoms with Gasteiger partial charge in [-0.3, -0.25) is 0 Å². The lowest BCUT2D eigenvalue weighted by Crippen LogP contribution is -2.37. The molecule has 3 N–H and O–H groups in total. The summed E-state index contributed by atoms with van der Waals surface area (Å²) in [6.07, 6.45) is 0.831. The largest absolute Gasteiger partial charge is 0.495 e. The molecular formula is C14H24N2O2. The fraction of sp³-hybridized carbons (Fsp3) is 0.571. The first kappa shape index (κ1) is 14.8. The number of hydrogen-bond acceptors (Lipinski definition) is 4. The highest BCUT2D eigenvalue weighted by Crippen LogP contribution is 2.25. The van der Waals surface area contributed by atoms with Crippen molar-refractivity contribution in [2.24, 2.45) is 5.73 Å². The lowest BCUT2D eigenvalue weighted by Gasteiger charge is -2.29. The Balaban J connectivity index is 2.74. The maximum absolute atomic E-state index is 5.82. The summed E-state index contributed by atoms with van der Waals surface area (Å²) in [6, 6.07) is 7.98. The first-order valence-electron chi connectivity index (χ1n) is 6.17. The standard InChI is InChI=1S/C14H24N2O2/c1-14(2,18-4)9-11(10-15)16-12-7-5-6-8-13(12)17-3/h5-8,11,16H,9-10,15H2,1-4H3. The van der Waals surface area contributed by atoms with Crippen molar-refractivity contribution in [2.45, 2.75) is 31.9 Å². The number of rotatable bonds is 7. The molecule has 18 heavy (non-hydrogen) atoms. The van der Waals surface area contributed by atoms with Gasteiger partial charge in [0.05, 0.1) is 18.4 Å². The van der Waals surface area contributed by atoms with E-state index in [9.17, 15) is 0 Å². The molecule has 0 aliphatic heterocycles. The zero-order valence-corrected chi connectivity index (χ0v) is 11.7. The number of nitrogens with one attached hydrogen (secondary N) is 1. The van der Waals surface area contributed by atoms with E-state index in [1.54, 1.807) is 14.2 Å². The minimum Gasteiger partial charge on any atom is -0.495 e. The Labute approximate surface area is 109 Å². The Morgan fingerprint density at radius 2 is 1.94 bits per heavy atom. The monoisotopic (exact) mass is 252 g/mol. The highest BCUT2D eigenvalue weighted by Gasteiger charge is 2.22. The van der Waals surface area contributed by atoms with E-state index >= 15 is 0 Å². The second-order valence-corrected chi connectivity index (χ2v) is 4.95. The van der Waals surface area contributed by atoms with Crippen LogP contribution in [0.1, 0.15) is 20.3 Å². The van der Waals surface area contributed by atoms with Gasteiger partial charge < -0.3 is 20.5 Å². The van der Waals surface area contributed by atoms with Gasteiger partial charge in [-0.25, -0.2) is 0 Å². The average molecular weight is 252 g/mol. The van der Waals surface area contributed by atoms with Crippen LogP contribution in [0.4, 0.5) is 5.69 Å². The third-order valence-electron chi connectivity index (χ3n) is 3.04. The Morgan fingerprint density at radius 3 is 2.50 bits per heavy atom. The predicted molar refractivity (Wildman–Crippen MR) is 75.2 cm³/mol. The summed E-state index contributed by atoms with van der Waals surface area (Å²) in [7, 11) is 3.38. The molecule has 1 aromatic rings. The van der Waals surface area contributed by atoms with E-state index in [1.807, 2.05) is 24.3 Å². The minimum absolute atomic E-state index is 0.149. The van der Waals surface area contributed by atoms with Crippen LogP contribution in [-0.4, -0.2) is 32.4 Å². The van der Waals surface area contributed by atoms with Crippen molar-refractivity contribution >= 4 is 5.69 Å². The molecule has 4 heteroatoms. The van der Waals surface area contributed by atoms with Crippen LogP contribution in [0.2, 0.25) is 0 Å². The smallest absolute Gasteiger partial charge is 0.141 e. The van der Waals surface area contributed by atoms with Gasteiger partial charge in [0.25, 0.3) is 0 Å². The van der Waals surface area contributed by atoms with Crippen LogP contribution >= 0.6 is 0 Å². The first-order valence-corrected chi connectivity index (χ1v) is 6.17. The third kappa shape index (κ3) is 4.20. The molecule has 0 aliphatic carbocycles. The number of benzene rings is 1. The van der Waals surface area contributed by atoms with Crippen LogP contribution in [0.15, 0.2) is 24.3 Å². The highest BCUT2D eigenvalue weighted by molar-refractivity contribution is 5.56. The number of nitrogens with two attached hydrogens (primary N) is 1. The maximum Gasteiger partial charge on any atom is 0.141 e. The quantitative estimate of drug-likeness (QED) is 0.781. The van der Waals surface area contributed by atoms with E-state index in [0.29, 0.717) is 6.54 Å². The molecule has 1 aromatic carbocycles. The fourth-order valence-corrected chi connectivity index (χ4v) is 1.85. The SMILES string of the molecule is COc1ccccc1NC(CN)CC(C)(C)OC. The van der Waals surface area contributed by atoms with E-state index in [4.69, 9.17) is 15.2 Å². The first-order chi connectivity index (χ1) is 8.52. The van der Waals surface area contributed by atoms with Crippen molar-refractivity contribution in [1.82, 2.24) is 0 Å². The van der Waals surface area contributed by atoms with Gasteiger partial charge in [-0.2, -0.15) is 0 Å². The maximum atomic E-state index is 5.82. The Kier molecular flexibility index (Phi) is 5.44. The molecule has 0 saturated carbocycles. The van der Waals surface area contributed by atoms with Gasteiger partial charge in [0.15, 0.2) is 0 Å². The molecule has 1 unspecified atom stereocenters. The van der Waals surface area contributed by atoms with Gasteiger partial charge in [-0.05, 0) is 32.4 Å². The van der Waals surface area contributed by atoms with E-state index in [-0.39, 0.29) is 11.6 Å². The van der Waals surface area contributed by atoms with Crippen molar-refractivity contribution in [3.05, 3.63) is 24.3 Å². The zero-order valence-electron chi connectivity index (χ0n) is 11.7. The van der Waals surface area contributed by atoms with Crippen LogP contribution in [-0.2, 0) is 4.74 Å². The number of hydrogen-bond donors (Lipinski definition) is 2. The van der Waals surface area contributed by atoms with E-state index < -0.39 is 0 Å². The average Bonchev–Trinajstić information content (AvgIpc) is 2.38. The number of anilines is 1. The fourth-order valence-electron chi connectivity index (χ4n) is 1.85. The second kappa shape index (κ2) is 6.61.